The lowest BCUT2D eigenvalue weighted by atomic mass is 10.1. The summed E-state index contributed by atoms with van der Waals surface area (Å²) in [4.78, 5) is 0.151. The van der Waals surface area contributed by atoms with E-state index in [1.807, 2.05) is 0 Å². The number of nitrogens with one attached hydrogen (secondary N) is 1. The smallest absolute Gasteiger partial charge is 0.241 e. The number of hydrogen-bond donors (Lipinski definition) is 2. The van der Waals surface area contributed by atoms with Crippen molar-refractivity contribution >= 4 is 10.0 Å². The highest BCUT2D eigenvalue weighted by Gasteiger charge is 2.22. The Balaban J connectivity index is 2.24. The normalized spacial score (nSPS) is 13.3. The van der Waals surface area contributed by atoms with Crippen molar-refractivity contribution in [1.82, 2.24) is 9.88 Å². The van der Waals surface area contributed by atoms with E-state index in [2.05, 4.69) is 9.88 Å². The number of nitrogens with zero attached hydrogens (tertiary/aromatic N) is 1. The van der Waals surface area contributed by atoms with Crippen LogP contribution in [0, 0.1) is 13.8 Å². The first-order valence-electron chi connectivity index (χ1n) is 6.50. The molecule has 2 rings (SSSR count). The molecule has 2 aromatic rings. The second kappa shape index (κ2) is 5.97. The van der Waals surface area contributed by atoms with Crippen LogP contribution in [0.25, 0.3) is 0 Å². The molecule has 6 nitrogen and oxygen atoms in total. The maximum atomic E-state index is 12.3. The van der Waals surface area contributed by atoms with E-state index in [1.165, 1.54) is 12.1 Å². The number of aromatic nitrogens is 1. The highest BCUT2D eigenvalue weighted by Crippen LogP contribution is 2.23. The van der Waals surface area contributed by atoms with Gasteiger partial charge >= 0.3 is 0 Å². The molecule has 0 spiro atoms. The molecule has 0 fully saturated rings. The Kier molecular flexibility index (Phi) is 4.46. The van der Waals surface area contributed by atoms with E-state index in [4.69, 9.17) is 9.63 Å². The SMILES string of the molecule is Cc1noc(C)c1C(C)NS(=O)(=O)c1ccc(CO)cc1. The van der Waals surface area contributed by atoms with Crippen LogP contribution in [-0.2, 0) is 16.6 Å². The molecule has 0 saturated carbocycles. The molecule has 0 bridgehead atoms. The van der Waals surface area contributed by atoms with Crippen molar-refractivity contribution in [2.24, 2.45) is 0 Å². The van der Waals surface area contributed by atoms with E-state index in [0.717, 1.165) is 5.56 Å². The van der Waals surface area contributed by atoms with Crippen molar-refractivity contribution in [3.05, 3.63) is 46.8 Å². The summed E-state index contributed by atoms with van der Waals surface area (Å²) < 4.78 is 32.3. The molecule has 0 radical (unpaired) electrons. The first kappa shape index (κ1) is 15.7. The van der Waals surface area contributed by atoms with Crippen LogP contribution in [-0.4, -0.2) is 18.7 Å². The number of aryl methyl sites for hydroxylation is 2. The van der Waals surface area contributed by atoms with Crippen molar-refractivity contribution < 1.29 is 18.0 Å². The van der Waals surface area contributed by atoms with Crippen LogP contribution >= 0.6 is 0 Å². The van der Waals surface area contributed by atoms with Gasteiger partial charge in [-0.2, -0.15) is 0 Å². The quantitative estimate of drug-likeness (QED) is 0.879. The van der Waals surface area contributed by atoms with E-state index in [0.29, 0.717) is 17.0 Å². The van der Waals surface area contributed by atoms with Gasteiger partial charge in [0.05, 0.1) is 17.2 Å². The molecule has 2 N–H and O–H groups in total. The van der Waals surface area contributed by atoms with Crippen LogP contribution in [0.2, 0.25) is 0 Å². The van der Waals surface area contributed by atoms with E-state index in [9.17, 15) is 8.42 Å². The molecule has 0 aliphatic rings. The minimum absolute atomic E-state index is 0.122. The number of benzene rings is 1. The van der Waals surface area contributed by atoms with Crippen LogP contribution in [0.15, 0.2) is 33.7 Å². The average Bonchev–Trinajstić information content (AvgIpc) is 2.77. The topological polar surface area (TPSA) is 92.4 Å². The molecule has 21 heavy (non-hydrogen) atoms. The fourth-order valence-electron chi connectivity index (χ4n) is 2.24. The van der Waals surface area contributed by atoms with Gasteiger partial charge < -0.3 is 9.63 Å². The third kappa shape index (κ3) is 3.31. The lowest BCUT2D eigenvalue weighted by Gasteiger charge is -2.14. The third-order valence-electron chi connectivity index (χ3n) is 3.27. The van der Waals surface area contributed by atoms with Crippen molar-refractivity contribution in [2.45, 2.75) is 38.3 Å². The predicted octanol–water partition coefficient (Wildman–Crippen LogP) is 1.82. The van der Waals surface area contributed by atoms with Gasteiger partial charge in [0.1, 0.15) is 5.76 Å². The van der Waals surface area contributed by atoms with Gasteiger partial charge in [0, 0.05) is 11.6 Å². The van der Waals surface area contributed by atoms with Crippen LogP contribution in [0.4, 0.5) is 0 Å². The summed E-state index contributed by atoms with van der Waals surface area (Å²) in [5.41, 5.74) is 2.07. The predicted molar refractivity (Wildman–Crippen MR) is 77.1 cm³/mol. The van der Waals surface area contributed by atoms with Crippen LogP contribution in [0.5, 0.6) is 0 Å². The molecule has 0 saturated heterocycles. The Labute approximate surface area is 123 Å². The first-order valence-corrected chi connectivity index (χ1v) is 7.98. The van der Waals surface area contributed by atoms with Gasteiger partial charge in [-0.1, -0.05) is 17.3 Å². The van der Waals surface area contributed by atoms with Crippen LogP contribution in [0.3, 0.4) is 0 Å². The highest BCUT2D eigenvalue weighted by atomic mass is 32.2. The van der Waals surface area contributed by atoms with Crippen LogP contribution in [0.1, 0.15) is 35.5 Å². The third-order valence-corrected chi connectivity index (χ3v) is 4.83. The number of aliphatic hydroxyl groups excluding tert-OH is 1. The summed E-state index contributed by atoms with van der Waals surface area (Å²) in [6, 6.07) is 5.64. The number of aliphatic hydroxyl groups is 1. The molecule has 0 aliphatic heterocycles. The maximum Gasteiger partial charge on any atom is 0.241 e. The summed E-state index contributed by atoms with van der Waals surface area (Å²) >= 11 is 0. The minimum Gasteiger partial charge on any atom is -0.392 e. The zero-order chi connectivity index (χ0) is 15.6. The summed E-state index contributed by atoms with van der Waals surface area (Å²) in [7, 11) is -3.65. The minimum atomic E-state index is -3.65. The Bertz CT molecular complexity index is 700. The Hall–Kier alpha value is -1.70. The summed E-state index contributed by atoms with van der Waals surface area (Å²) in [6.45, 7) is 5.14. The standard InChI is InChI=1S/C14H18N2O4S/c1-9-14(11(3)20-15-9)10(2)16-21(18,19)13-6-4-12(8-17)5-7-13/h4-7,10,16-17H,8H2,1-3H3. The number of rotatable bonds is 5. The Morgan fingerprint density at radius 2 is 1.90 bits per heavy atom. The van der Waals surface area contributed by atoms with Crippen molar-refractivity contribution in [3.63, 3.8) is 0 Å². The molecule has 7 heteroatoms. The van der Waals surface area contributed by atoms with E-state index in [1.54, 1.807) is 32.9 Å². The van der Waals surface area contributed by atoms with E-state index < -0.39 is 16.1 Å². The molecule has 0 amide bonds. The molecular formula is C14H18N2O4S. The lowest BCUT2D eigenvalue weighted by Crippen LogP contribution is -2.27. The lowest BCUT2D eigenvalue weighted by molar-refractivity contribution is 0.282. The summed E-state index contributed by atoms with van der Waals surface area (Å²) in [5, 5.41) is 12.8. The highest BCUT2D eigenvalue weighted by molar-refractivity contribution is 7.89. The van der Waals surface area contributed by atoms with Crippen molar-refractivity contribution in [3.8, 4) is 0 Å². The molecule has 1 aromatic carbocycles. The average molecular weight is 310 g/mol. The zero-order valence-corrected chi connectivity index (χ0v) is 12.9. The van der Waals surface area contributed by atoms with Gasteiger partial charge in [-0.3, -0.25) is 0 Å². The second-order valence-corrected chi connectivity index (χ2v) is 6.60. The summed E-state index contributed by atoms with van der Waals surface area (Å²) in [5.74, 6) is 0.596. The van der Waals surface area contributed by atoms with Crippen molar-refractivity contribution in [2.75, 3.05) is 0 Å². The van der Waals surface area contributed by atoms with Gasteiger partial charge in [-0.25, -0.2) is 13.1 Å². The van der Waals surface area contributed by atoms with E-state index in [-0.39, 0.29) is 11.5 Å². The number of sulfonamides is 1. The fourth-order valence-corrected chi connectivity index (χ4v) is 3.46. The van der Waals surface area contributed by atoms with Gasteiger partial charge in [-0.15, -0.1) is 0 Å². The van der Waals surface area contributed by atoms with Crippen LogP contribution < -0.4 is 4.72 Å². The zero-order valence-electron chi connectivity index (χ0n) is 12.1. The van der Waals surface area contributed by atoms with Gasteiger partial charge in [0.2, 0.25) is 10.0 Å². The second-order valence-electron chi connectivity index (χ2n) is 4.88. The molecular weight excluding hydrogens is 292 g/mol. The monoisotopic (exact) mass is 310 g/mol. The Morgan fingerprint density at radius 3 is 2.38 bits per heavy atom. The summed E-state index contributed by atoms with van der Waals surface area (Å²) in [6.07, 6.45) is 0. The molecule has 1 heterocycles. The fraction of sp³-hybridized carbons (Fsp3) is 0.357. The maximum absolute atomic E-state index is 12.3. The first-order chi connectivity index (χ1) is 9.85. The molecule has 114 valence electrons. The molecule has 1 aromatic heterocycles. The van der Waals surface area contributed by atoms with Gasteiger partial charge in [0.15, 0.2) is 0 Å². The van der Waals surface area contributed by atoms with E-state index >= 15 is 0 Å². The largest absolute Gasteiger partial charge is 0.392 e. The Morgan fingerprint density at radius 1 is 1.29 bits per heavy atom. The van der Waals surface area contributed by atoms with Gasteiger partial charge in [-0.05, 0) is 38.5 Å². The molecule has 0 aliphatic carbocycles. The number of hydrogen-bond acceptors (Lipinski definition) is 5. The molecule has 1 unspecified atom stereocenters. The van der Waals surface area contributed by atoms with Crippen molar-refractivity contribution in [1.29, 1.82) is 0 Å². The molecule has 1 atom stereocenters. The van der Waals surface area contributed by atoms with Gasteiger partial charge in [0.25, 0.3) is 0 Å².